The number of benzene rings is 1. The van der Waals surface area contributed by atoms with E-state index in [0.717, 1.165) is 24.2 Å². The van der Waals surface area contributed by atoms with Crippen molar-refractivity contribution in [2.24, 2.45) is 17.8 Å². The molecule has 0 bridgehead atoms. The van der Waals surface area contributed by atoms with Gasteiger partial charge >= 0.3 is 5.97 Å². The number of rotatable bonds is 9. The summed E-state index contributed by atoms with van der Waals surface area (Å²) in [6.07, 6.45) is 18.0. The summed E-state index contributed by atoms with van der Waals surface area (Å²) in [6.45, 7) is 4.83. The van der Waals surface area contributed by atoms with Gasteiger partial charge in [0, 0.05) is 0 Å². The summed E-state index contributed by atoms with van der Waals surface area (Å²) in [5, 5.41) is 0. The van der Waals surface area contributed by atoms with E-state index in [2.05, 4.69) is 19.1 Å². The Morgan fingerprint density at radius 1 is 0.828 bits per heavy atom. The van der Waals surface area contributed by atoms with Crippen molar-refractivity contribution in [2.45, 2.75) is 103 Å². The molecule has 0 aliphatic heterocycles. The minimum atomic E-state index is -0.188. The number of carbonyl (C=O) groups excluding carboxylic acids is 1. The lowest BCUT2D eigenvalue weighted by atomic mass is 9.68. The average Bonchev–Trinajstić information content (AvgIpc) is 2.78. The molecule has 3 rings (SSSR count). The van der Waals surface area contributed by atoms with E-state index in [1.54, 1.807) is 0 Å². The van der Waals surface area contributed by atoms with E-state index in [0.29, 0.717) is 18.1 Å². The zero-order valence-electron chi connectivity index (χ0n) is 18.8. The van der Waals surface area contributed by atoms with E-state index in [1.807, 2.05) is 19.1 Å². The maximum absolute atomic E-state index is 12.0. The van der Waals surface area contributed by atoms with Gasteiger partial charge in [0.2, 0.25) is 0 Å². The molecule has 162 valence electrons. The van der Waals surface area contributed by atoms with Crippen LogP contribution < -0.4 is 0 Å². The van der Waals surface area contributed by atoms with Crippen LogP contribution >= 0.6 is 0 Å². The number of ether oxygens (including phenoxy) is 1. The smallest absolute Gasteiger partial charge is 0.338 e. The summed E-state index contributed by atoms with van der Waals surface area (Å²) in [4.78, 5) is 12.0. The van der Waals surface area contributed by atoms with Gasteiger partial charge in [-0.15, -0.1) is 0 Å². The molecule has 0 aromatic heterocycles. The van der Waals surface area contributed by atoms with Crippen molar-refractivity contribution in [3.05, 3.63) is 35.4 Å². The van der Waals surface area contributed by atoms with Crippen molar-refractivity contribution in [1.29, 1.82) is 0 Å². The molecule has 0 heterocycles. The molecule has 0 spiro atoms. The normalized spacial score (nSPS) is 27.5. The van der Waals surface area contributed by atoms with E-state index >= 15 is 0 Å². The van der Waals surface area contributed by atoms with Crippen LogP contribution in [0.3, 0.4) is 0 Å². The van der Waals surface area contributed by atoms with E-state index in [-0.39, 0.29) is 5.97 Å². The second-order valence-electron chi connectivity index (χ2n) is 9.65. The van der Waals surface area contributed by atoms with Crippen LogP contribution in [0.25, 0.3) is 0 Å². The molecule has 0 atom stereocenters. The molecule has 2 heteroatoms. The van der Waals surface area contributed by atoms with Crippen molar-refractivity contribution in [1.82, 2.24) is 0 Å². The van der Waals surface area contributed by atoms with Crippen molar-refractivity contribution in [3.63, 3.8) is 0 Å². The van der Waals surface area contributed by atoms with Crippen molar-refractivity contribution in [3.8, 4) is 0 Å². The molecule has 2 saturated carbocycles. The van der Waals surface area contributed by atoms with Crippen molar-refractivity contribution >= 4 is 5.97 Å². The Hall–Kier alpha value is -1.31. The van der Waals surface area contributed by atoms with Crippen LogP contribution in [0.15, 0.2) is 24.3 Å². The molecule has 0 N–H and O–H groups in total. The molecule has 2 nitrogen and oxygen atoms in total. The predicted octanol–water partition coefficient (Wildman–Crippen LogP) is 7.91. The first-order chi connectivity index (χ1) is 14.2. The van der Waals surface area contributed by atoms with Crippen LogP contribution in [0.4, 0.5) is 0 Å². The zero-order chi connectivity index (χ0) is 20.5. The monoisotopic (exact) mass is 398 g/mol. The Morgan fingerprint density at radius 2 is 1.45 bits per heavy atom. The van der Waals surface area contributed by atoms with E-state index in [4.69, 9.17) is 4.74 Å². The number of hydrogen-bond donors (Lipinski definition) is 0. The van der Waals surface area contributed by atoms with Gasteiger partial charge in [-0.1, -0.05) is 64.5 Å². The average molecular weight is 399 g/mol. The van der Waals surface area contributed by atoms with E-state index < -0.39 is 0 Å². The number of unbranched alkanes of at least 4 members (excludes halogenated alkanes) is 2. The van der Waals surface area contributed by atoms with Gasteiger partial charge in [0.15, 0.2) is 0 Å². The minimum Gasteiger partial charge on any atom is -0.462 e. The predicted molar refractivity (Wildman–Crippen MR) is 121 cm³/mol. The van der Waals surface area contributed by atoms with Crippen LogP contribution in [0.2, 0.25) is 0 Å². The first-order valence-electron chi connectivity index (χ1n) is 12.5. The number of carbonyl (C=O) groups is 1. The van der Waals surface area contributed by atoms with Crippen LogP contribution in [0.1, 0.15) is 119 Å². The Bertz CT molecular complexity index is 589. The Labute approximate surface area is 178 Å². The van der Waals surface area contributed by atoms with Crippen LogP contribution in [-0.2, 0) is 4.74 Å². The topological polar surface area (TPSA) is 26.3 Å². The Kier molecular flexibility index (Phi) is 9.08. The third-order valence-electron chi connectivity index (χ3n) is 7.60. The minimum absolute atomic E-state index is 0.188. The van der Waals surface area contributed by atoms with Gasteiger partial charge < -0.3 is 4.74 Å². The van der Waals surface area contributed by atoms with Gasteiger partial charge in [-0.2, -0.15) is 0 Å². The molecule has 0 unspecified atom stereocenters. The van der Waals surface area contributed by atoms with Crippen molar-refractivity contribution < 1.29 is 9.53 Å². The summed E-state index contributed by atoms with van der Waals surface area (Å²) >= 11 is 0. The summed E-state index contributed by atoms with van der Waals surface area (Å²) in [5.41, 5.74) is 2.10. The molecular formula is C27H42O2. The highest BCUT2D eigenvalue weighted by atomic mass is 16.5. The SMILES string of the molecule is CCCCCC1CCC(C2CCC(c3ccc(C(=O)OCCC)cc3)CC2)CC1. The fourth-order valence-corrected chi connectivity index (χ4v) is 5.72. The van der Waals surface area contributed by atoms with Crippen LogP contribution in [-0.4, -0.2) is 12.6 Å². The molecule has 0 saturated heterocycles. The number of hydrogen-bond acceptors (Lipinski definition) is 2. The van der Waals surface area contributed by atoms with Gasteiger partial charge in [0.05, 0.1) is 12.2 Å². The van der Waals surface area contributed by atoms with Gasteiger partial charge in [-0.3, -0.25) is 0 Å². The molecule has 2 aliphatic rings. The molecule has 0 amide bonds. The molecule has 29 heavy (non-hydrogen) atoms. The third kappa shape index (κ3) is 6.59. The maximum Gasteiger partial charge on any atom is 0.338 e. The standard InChI is InChI=1S/C27H42O2/c1-3-5-6-7-21-8-10-22(11-9-21)23-12-14-24(15-13-23)25-16-18-26(19-17-25)27(28)29-20-4-2/h16-19,21-24H,3-15,20H2,1-2H3. The molecule has 2 fully saturated rings. The number of esters is 1. The van der Waals surface area contributed by atoms with Crippen molar-refractivity contribution in [2.75, 3.05) is 6.61 Å². The van der Waals surface area contributed by atoms with Gasteiger partial charge in [0.25, 0.3) is 0 Å². The van der Waals surface area contributed by atoms with E-state index in [1.165, 1.54) is 82.6 Å². The Balaban J connectivity index is 1.41. The fraction of sp³-hybridized carbons (Fsp3) is 0.741. The van der Waals surface area contributed by atoms with Gasteiger partial charge in [0.1, 0.15) is 0 Å². The molecule has 2 aliphatic carbocycles. The van der Waals surface area contributed by atoms with Crippen LogP contribution in [0, 0.1) is 17.8 Å². The van der Waals surface area contributed by atoms with Gasteiger partial charge in [-0.25, -0.2) is 4.79 Å². The van der Waals surface area contributed by atoms with E-state index in [9.17, 15) is 4.79 Å². The largest absolute Gasteiger partial charge is 0.462 e. The first kappa shape index (κ1) is 22.4. The molecule has 1 aromatic carbocycles. The maximum atomic E-state index is 12.0. The van der Waals surface area contributed by atoms with Crippen LogP contribution in [0.5, 0.6) is 0 Å². The summed E-state index contributed by atoms with van der Waals surface area (Å²) in [7, 11) is 0. The second kappa shape index (κ2) is 11.8. The lowest BCUT2D eigenvalue weighted by molar-refractivity contribution is 0.0505. The lowest BCUT2D eigenvalue weighted by Crippen LogP contribution is -2.25. The summed E-state index contributed by atoms with van der Waals surface area (Å²) in [5.74, 6) is 3.47. The molecule has 1 aromatic rings. The first-order valence-corrected chi connectivity index (χ1v) is 12.5. The highest BCUT2D eigenvalue weighted by molar-refractivity contribution is 5.89. The second-order valence-corrected chi connectivity index (χ2v) is 9.65. The summed E-state index contributed by atoms with van der Waals surface area (Å²) < 4.78 is 5.24. The summed E-state index contributed by atoms with van der Waals surface area (Å²) in [6, 6.07) is 8.24. The zero-order valence-corrected chi connectivity index (χ0v) is 18.8. The lowest BCUT2D eigenvalue weighted by Gasteiger charge is -2.38. The highest BCUT2D eigenvalue weighted by Crippen LogP contribution is 2.44. The quantitative estimate of drug-likeness (QED) is 0.312. The highest BCUT2D eigenvalue weighted by Gasteiger charge is 2.31. The third-order valence-corrected chi connectivity index (χ3v) is 7.60. The fourth-order valence-electron chi connectivity index (χ4n) is 5.72. The van der Waals surface area contributed by atoms with Gasteiger partial charge in [-0.05, 0) is 86.3 Å². The molecule has 0 radical (unpaired) electrons. The molecular weight excluding hydrogens is 356 g/mol. The Morgan fingerprint density at radius 3 is 2.03 bits per heavy atom.